The molecule has 2 N–H and O–H groups in total. The van der Waals surface area contributed by atoms with E-state index in [1.54, 1.807) is 7.11 Å². The summed E-state index contributed by atoms with van der Waals surface area (Å²) < 4.78 is 11.0. The molecule has 4 nitrogen and oxygen atoms in total. The Morgan fingerprint density at radius 1 is 1.48 bits per heavy atom. The van der Waals surface area contributed by atoms with Gasteiger partial charge in [-0.2, -0.15) is 0 Å². The van der Waals surface area contributed by atoms with Crippen LogP contribution in [0.1, 0.15) is 24.5 Å². The molecule has 1 saturated heterocycles. The van der Waals surface area contributed by atoms with Crippen molar-refractivity contribution < 1.29 is 9.47 Å². The van der Waals surface area contributed by atoms with Crippen molar-refractivity contribution in [2.45, 2.75) is 26.0 Å². The first-order valence-corrected chi connectivity index (χ1v) is 7.42. The maximum absolute atomic E-state index is 5.69. The van der Waals surface area contributed by atoms with E-state index in [9.17, 15) is 0 Å². The molecular weight excluding hydrogens is 264 g/mol. The summed E-state index contributed by atoms with van der Waals surface area (Å²) in [6, 6.07) is 6.17. The lowest BCUT2D eigenvalue weighted by Gasteiger charge is -2.22. The molecule has 1 aromatic rings. The van der Waals surface area contributed by atoms with Crippen molar-refractivity contribution in [1.82, 2.24) is 4.90 Å². The number of hydrogen-bond donors (Lipinski definition) is 1. The highest BCUT2D eigenvalue weighted by Gasteiger charge is 2.15. The van der Waals surface area contributed by atoms with Crippen LogP contribution in [-0.2, 0) is 11.3 Å². The van der Waals surface area contributed by atoms with Crippen LogP contribution in [-0.4, -0.2) is 44.4 Å². The predicted molar refractivity (Wildman–Crippen MR) is 84.2 cm³/mol. The van der Waals surface area contributed by atoms with Gasteiger partial charge in [-0.3, -0.25) is 4.90 Å². The van der Waals surface area contributed by atoms with Gasteiger partial charge in [-0.15, -0.1) is 0 Å². The van der Waals surface area contributed by atoms with Crippen molar-refractivity contribution in [2.24, 2.45) is 5.73 Å². The summed E-state index contributed by atoms with van der Waals surface area (Å²) in [5.41, 5.74) is 7.60. The van der Waals surface area contributed by atoms with Gasteiger partial charge in [-0.05, 0) is 31.0 Å². The van der Waals surface area contributed by atoms with Gasteiger partial charge in [0.2, 0.25) is 0 Å². The normalized spacial score (nSPS) is 19.5. The van der Waals surface area contributed by atoms with E-state index in [2.05, 4.69) is 35.8 Å². The number of hydrogen-bond acceptors (Lipinski definition) is 4. The number of benzene rings is 1. The van der Waals surface area contributed by atoms with Crippen LogP contribution in [0.5, 0.6) is 5.75 Å². The van der Waals surface area contributed by atoms with Crippen LogP contribution in [0.4, 0.5) is 0 Å². The van der Waals surface area contributed by atoms with Crippen molar-refractivity contribution in [2.75, 3.05) is 33.4 Å². The maximum Gasteiger partial charge on any atom is 0.134 e. The van der Waals surface area contributed by atoms with Crippen LogP contribution in [0, 0.1) is 11.8 Å². The Bertz CT molecular complexity index is 519. The van der Waals surface area contributed by atoms with Gasteiger partial charge >= 0.3 is 0 Å². The minimum atomic E-state index is 0.294. The van der Waals surface area contributed by atoms with E-state index in [1.165, 1.54) is 5.56 Å². The number of nitrogens with zero attached hydrogens (tertiary/aromatic N) is 1. The van der Waals surface area contributed by atoms with Crippen LogP contribution in [0.3, 0.4) is 0 Å². The van der Waals surface area contributed by atoms with E-state index < -0.39 is 0 Å². The smallest absolute Gasteiger partial charge is 0.134 e. The van der Waals surface area contributed by atoms with Gasteiger partial charge in [0.25, 0.3) is 0 Å². The average Bonchev–Trinajstić information content (AvgIpc) is 2.69. The summed E-state index contributed by atoms with van der Waals surface area (Å²) in [7, 11) is 1.66. The minimum absolute atomic E-state index is 0.294. The standard InChI is InChI=1S/C17H24N2O2/c1-14-12-19(9-4-10-21-14)13-15-6-7-17(20-2)16(11-15)5-3-8-18/h6-7,11,14H,4,8-10,12-13,18H2,1-2H3. The first-order valence-electron chi connectivity index (χ1n) is 7.42. The van der Waals surface area contributed by atoms with E-state index in [4.69, 9.17) is 15.2 Å². The average molecular weight is 288 g/mol. The molecule has 1 aliphatic heterocycles. The predicted octanol–water partition coefficient (Wildman–Crippen LogP) is 1.62. The van der Waals surface area contributed by atoms with Gasteiger partial charge in [-0.1, -0.05) is 17.9 Å². The Labute approximate surface area is 127 Å². The molecule has 4 heteroatoms. The second-order valence-electron chi connectivity index (χ2n) is 5.31. The van der Waals surface area contributed by atoms with Gasteiger partial charge in [-0.25, -0.2) is 0 Å². The van der Waals surface area contributed by atoms with Crippen molar-refractivity contribution in [3.8, 4) is 17.6 Å². The molecular formula is C17H24N2O2. The summed E-state index contributed by atoms with van der Waals surface area (Å²) in [5, 5.41) is 0. The van der Waals surface area contributed by atoms with Crippen LogP contribution in [0.25, 0.3) is 0 Å². The number of nitrogens with two attached hydrogens (primary N) is 1. The molecule has 1 fully saturated rings. The van der Waals surface area contributed by atoms with Crippen molar-refractivity contribution >= 4 is 0 Å². The van der Waals surface area contributed by atoms with Crippen molar-refractivity contribution in [3.63, 3.8) is 0 Å². The molecule has 2 rings (SSSR count). The zero-order valence-electron chi connectivity index (χ0n) is 12.9. The van der Waals surface area contributed by atoms with E-state index in [0.29, 0.717) is 12.6 Å². The first-order chi connectivity index (χ1) is 10.2. The Kier molecular flexibility index (Phi) is 6.06. The van der Waals surface area contributed by atoms with Crippen LogP contribution in [0.15, 0.2) is 18.2 Å². The monoisotopic (exact) mass is 288 g/mol. The molecule has 1 aliphatic rings. The number of rotatable bonds is 3. The zero-order valence-corrected chi connectivity index (χ0v) is 12.9. The van der Waals surface area contributed by atoms with Crippen LogP contribution < -0.4 is 10.5 Å². The summed E-state index contributed by atoms with van der Waals surface area (Å²) in [6.45, 7) is 6.29. The Morgan fingerprint density at radius 3 is 3.10 bits per heavy atom. The van der Waals surface area contributed by atoms with E-state index >= 15 is 0 Å². The second kappa shape index (κ2) is 8.04. The Hall–Kier alpha value is -1.54. The molecule has 114 valence electrons. The largest absolute Gasteiger partial charge is 0.495 e. The second-order valence-corrected chi connectivity index (χ2v) is 5.31. The third-order valence-electron chi connectivity index (χ3n) is 3.53. The van der Waals surface area contributed by atoms with Gasteiger partial charge in [0.15, 0.2) is 0 Å². The lowest BCUT2D eigenvalue weighted by molar-refractivity contribution is 0.0668. The maximum atomic E-state index is 5.69. The number of ether oxygens (including phenoxy) is 2. The highest BCUT2D eigenvalue weighted by atomic mass is 16.5. The highest BCUT2D eigenvalue weighted by molar-refractivity contribution is 5.48. The number of methoxy groups -OCH3 is 1. The third-order valence-corrected chi connectivity index (χ3v) is 3.53. The molecule has 0 aliphatic carbocycles. The summed E-state index contributed by atoms with van der Waals surface area (Å²) in [6.07, 6.45) is 1.38. The fourth-order valence-electron chi connectivity index (χ4n) is 2.58. The van der Waals surface area contributed by atoms with Gasteiger partial charge in [0.1, 0.15) is 5.75 Å². The summed E-state index contributed by atoms with van der Waals surface area (Å²) in [4.78, 5) is 2.43. The van der Waals surface area contributed by atoms with Gasteiger partial charge in [0, 0.05) is 26.2 Å². The van der Waals surface area contributed by atoms with Crippen LogP contribution >= 0.6 is 0 Å². The van der Waals surface area contributed by atoms with Crippen molar-refractivity contribution in [3.05, 3.63) is 29.3 Å². The van der Waals surface area contributed by atoms with Crippen molar-refractivity contribution in [1.29, 1.82) is 0 Å². The molecule has 0 bridgehead atoms. The summed E-state index contributed by atoms with van der Waals surface area (Å²) in [5.74, 6) is 6.77. The fourth-order valence-corrected chi connectivity index (χ4v) is 2.58. The molecule has 0 amide bonds. The lowest BCUT2D eigenvalue weighted by atomic mass is 10.1. The fraction of sp³-hybridized carbons (Fsp3) is 0.529. The molecule has 0 aromatic heterocycles. The molecule has 21 heavy (non-hydrogen) atoms. The van der Waals surface area contributed by atoms with Gasteiger partial charge in [0.05, 0.1) is 25.3 Å². The molecule has 0 spiro atoms. The first kappa shape index (κ1) is 15.8. The van der Waals surface area contributed by atoms with E-state index in [-0.39, 0.29) is 0 Å². The summed E-state index contributed by atoms with van der Waals surface area (Å²) >= 11 is 0. The molecule has 1 unspecified atom stereocenters. The molecule has 1 atom stereocenters. The lowest BCUT2D eigenvalue weighted by Crippen LogP contribution is -2.29. The third kappa shape index (κ3) is 4.75. The topological polar surface area (TPSA) is 47.7 Å². The Morgan fingerprint density at radius 2 is 2.33 bits per heavy atom. The van der Waals surface area contributed by atoms with E-state index in [1.807, 2.05) is 6.07 Å². The zero-order chi connectivity index (χ0) is 15.1. The molecule has 0 radical (unpaired) electrons. The van der Waals surface area contributed by atoms with Gasteiger partial charge < -0.3 is 15.2 Å². The quantitative estimate of drug-likeness (QED) is 0.859. The minimum Gasteiger partial charge on any atom is -0.495 e. The van der Waals surface area contributed by atoms with Crippen LogP contribution in [0.2, 0.25) is 0 Å². The molecule has 0 saturated carbocycles. The van der Waals surface area contributed by atoms with E-state index in [0.717, 1.165) is 44.0 Å². The Balaban J connectivity index is 2.12. The molecule has 1 heterocycles. The highest BCUT2D eigenvalue weighted by Crippen LogP contribution is 2.20. The SMILES string of the molecule is COc1ccc(CN2CCCOC(C)C2)cc1C#CCN. The molecule has 1 aromatic carbocycles.